The molecule has 2 aliphatic heterocycles. The van der Waals surface area contributed by atoms with E-state index in [9.17, 15) is 4.79 Å². The number of nitrogen functional groups attached to an aromatic ring is 1. The number of nitrogens with two attached hydrogens (primary N) is 1. The van der Waals surface area contributed by atoms with Crippen molar-refractivity contribution < 1.29 is 9.53 Å². The van der Waals surface area contributed by atoms with Crippen molar-refractivity contribution >= 4 is 29.7 Å². The van der Waals surface area contributed by atoms with Crippen molar-refractivity contribution in [3.05, 3.63) is 23.8 Å². The number of fused-ring (bicyclic) bond motifs is 1. The van der Waals surface area contributed by atoms with Crippen molar-refractivity contribution in [1.82, 2.24) is 0 Å². The highest BCUT2D eigenvalue weighted by atomic mass is 35.5. The third-order valence-corrected chi connectivity index (χ3v) is 4.12. The molecule has 0 unspecified atom stereocenters. The molecule has 110 valence electrons. The summed E-state index contributed by atoms with van der Waals surface area (Å²) in [6.45, 7) is 2.22. The quantitative estimate of drug-likeness (QED) is 0.810. The summed E-state index contributed by atoms with van der Waals surface area (Å²) >= 11 is 0. The Morgan fingerprint density at radius 2 is 2.05 bits per heavy atom. The Hall–Kier alpha value is -1.26. The van der Waals surface area contributed by atoms with Crippen LogP contribution in [0.3, 0.4) is 0 Å². The molecule has 1 amide bonds. The molecule has 3 rings (SSSR count). The third kappa shape index (κ3) is 2.76. The van der Waals surface area contributed by atoms with Crippen LogP contribution >= 0.6 is 12.4 Å². The van der Waals surface area contributed by atoms with E-state index in [1.54, 1.807) is 0 Å². The van der Waals surface area contributed by atoms with E-state index in [0.29, 0.717) is 13.2 Å². The largest absolute Gasteiger partial charge is 0.398 e. The van der Waals surface area contributed by atoms with Crippen LogP contribution in [-0.2, 0) is 16.0 Å². The summed E-state index contributed by atoms with van der Waals surface area (Å²) in [4.78, 5) is 14.6. The van der Waals surface area contributed by atoms with Gasteiger partial charge in [-0.3, -0.25) is 4.79 Å². The summed E-state index contributed by atoms with van der Waals surface area (Å²) in [5.74, 6) is 0.357. The van der Waals surface area contributed by atoms with E-state index >= 15 is 0 Å². The number of rotatable bonds is 1. The standard InChI is InChI=1S/C15H20N2O2.ClH/c16-13-4-1-5-14-12(13)3-2-8-17(14)15(18)11-6-9-19-10-7-11;/h1,4-5,11H,2-3,6-10,16H2;1H. The molecule has 5 heteroatoms. The van der Waals surface area contributed by atoms with Crippen LogP contribution < -0.4 is 10.6 Å². The maximum atomic E-state index is 12.7. The van der Waals surface area contributed by atoms with Gasteiger partial charge in [-0.2, -0.15) is 0 Å². The van der Waals surface area contributed by atoms with Gasteiger partial charge >= 0.3 is 0 Å². The molecule has 0 radical (unpaired) electrons. The zero-order valence-corrected chi connectivity index (χ0v) is 12.3. The molecular formula is C15H21ClN2O2. The minimum absolute atomic E-state index is 0. The van der Waals surface area contributed by atoms with Crippen LogP contribution in [-0.4, -0.2) is 25.7 Å². The topological polar surface area (TPSA) is 55.6 Å². The van der Waals surface area contributed by atoms with Gasteiger partial charge in [0.15, 0.2) is 0 Å². The van der Waals surface area contributed by atoms with E-state index in [0.717, 1.165) is 49.2 Å². The zero-order chi connectivity index (χ0) is 13.2. The van der Waals surface area contributed by atoms with Crippen LogP contribution in [0.4, 0.5) is 11.4 Å². The number of carbonyl (C=O) groups excluding carboxylic acids is 1. The van der Waals surface area contributed by atoms with Gasteiger partial charge < -0.3 is 15.4 Å². The van der Waals surface area contributed by atoms with Crippen LogP contribution in [0.15, 0.2) is 18.2 Å². The first-order valence-electron chi connectivity index (χ1n) is 7.04. The van der Waals surface area contributed by atoms with Gasteiger partial charge in [0, 0.05) is 37.1 Å². The molecule has 0 atom stereocenters. The molecule has 2 aliphatic rings. The zero-order valence-electron chi connectivity index (χ0n) is 11.5. The lowest BCUT2D eigenvalue weighted by Gasteiger charge is -2.34. The van der Waals surface area contributed by atoms with Crippen molar-refractivity contribution in [2.24, 2.45) is 5.92 Å². The Kier molecular flexibility index (Phi) is 4.89. The summed E-state index contributed by atoms with van der Waals surface area (Å²) in [6.07, 6.45) is 3.65. The van der Waals surface area contributed by atoms with E-state index in [2.05, 4.69) is 0 Å². The Morgan fingerprint density at radius 1 is 1.30 bits per heavy atom. The first kappa shape index (κ1) is 15.1. The number of benzene rings is 1. The molecule has 0 saturated carbocycles. The lowest BCUT2D eigenvalue weighted by Crippen LogP contribution is -2.41. The van der Waals surface area contributed by atoms with Gasteiger partial charge in [0.05, 0.1) is 0 Å². The van der Waals surface area contributed by atoms with Crippen molar-refractivity contribution in [3.63, 3.8) is 0 Å². The molecule has 0 spiro atoms. The normalized spacial score (nSPS) is 19.1. The smallest absolute Gasteiger partial charge is 0.230 e. The Bertz CT molecular complexity index is 487. The maximum absolute atomic E-state index is 12.7. The van der Waals surface area contributed by atoms with Crippen LogP contribution in [0.25, 0.3) is 0 Å². The average molecular weight is 297 g/mol. The lowest BCUT2D eigenvalue weighted by atomic mass is 9.94. The number of nitrogens with zero attached hydrogens (tertiary/aromatic N) is 1. The lowest BCUT2D eigenvalue weighted by molar-refractivity contribution is -0.125. The van der Waals surface area contributed by atoms with Gasteiger partial charge in [-0.05, 0) is 43.4 Å². The summed E-state index contributed by atoms with van der Waals surface area (Å²) in [5.41, 5.74) is 8.98. The van der Waals surface area contributed by atoms with Crippen molar-refractivity contribution in [3.8, 4) is 0 Å². The molecule has 2 heterocycles. The van der Waals surface area contributed by atoms with Crippen molar-refractivity contribution in [2.45, 2.75) is 25.7 Å². The number of hydrogen-bond acceptors (Lipinski definition) is 3. The second-order valence-corrected chi connectivity index (χ2v) is 5.32. The summed E-state index contributed by atoms with van der Waals surface area (Å²) in [5, 5.41) is 0. The van der Waals surface area contributed by atoms with Crippen LogP contribution in [0, 0.1) is 5.92 Å². The molecule has 0 bridgehead atoms. The highest BCUT2D eigenvalue weighted by molar-refractivity contribution is 5.97. The monoisotopic (exact) mass is 296 g/mol. The van der Waals surface area contributed by atoms with Crippen LogP contribution in [0.2, 0.25) is 0 Å². The minimum atomic E-state index is 0. The van der Waals surface area contributed by atoms with Crippen LogP contribution in [0.1, 0.15) is 24.8 Å². The fourth-order valence-corrected chi connectivity index (χ4v) is 3.05. The van der Waals surface area contributed by atoms with Gasteiger partial charge in [-0.25, -0.2) is 0 Å². The summed E-state index contributed by atoms with van der Waals surface area (Å²) in [7, 11) is 0. The van der Waals surface area contributed by atoms with Gasteiger partial charge in [0.2, 0.25) is 5.91 Å². The molecule has 2 N–H and O–H groups in total. The van der Waals surface area contributed by atoms with E-state index in [1.165, 1.54) is 0 Å². The van der Waals surface area contributed by atoms with E-state index in [-0.39, 0.29) is 24.2 Å². The predicted octanol–water partition coefficient (Wildman–Crippen LogP) is 2.40. The number of anilines is 2. The third-order valence-electron chi connectivity index (χ3n) is 4.12. The molecular weight excluding hydrogens is 276 g/mol. The number of hydrogen-bond donors (Lipinski definition) is 1. The second-order valence-electron chi connectivity index (χ2n) is 5.32. The number of halogens is 1. The van der Waals surface area contributed by atoms with Crippen molar-refractivity contribution in [1.29, 1.82) is 0 Å². The molecule has 0 aromatic heterocycles. The summed E-state index contributed by atoms with van der Waals surface area (Å²) < 4.78 is 5.34. The summed E-state index contributed by atoms with van der Waals surface area (Å²) in [6, 6.07) is 5.87. The molecule has 0 aliphatic carbocycles. The highest BCUT2D eigenvalue weighted by Gasteiger charge is 2.30. The average Bonchev–Trinajstić information content (AvgIpc) is 2.47. The maximum Gasteiger partial charge on any atom is 0.230 e. The van der Waals surface area contributed by atoms with Gasteiger partial charge in [-0.1, -0.05) is 6.07 Å². The van der Waals surface area contributed by atoms with Crippen molar-refractivity contribution in [2.75, 3.05) is 30.4 Å². The van der Waals surface area contributed by atoms with Crippen LogP contribution in [0.5, 0.6) is 0 Å². The number of carbonyl (C=O) groups is 1. The predicted molar refractivity (Wildman–Crippen MR) is 82.3 cm³/mol. The molecule has 4 nitrogen and oxygen atoms in total. The Balaban J connectivity index is 0.00000147. The van der Waals surface area contributed by atoms with E-state index < -0.39 is 0 Å². The van der Waals surface area contributed by atoms with Gasteiger partial charge in [0.1, 0.15) is 0 Å². The molecule has 20 heavy (non-hydrogen) atoms. The minimum Gasteiger partial charge on any atom is -0.398 e. The second kappa shape index (κ2) is 6.46. The van der Waals surface area contributed by atoms with E-state index in [4.69, 9.17) is 10.5 Å². The molecule has 1 saturated heterocycles. The van der Waals surface area contributed by atoms with Gasteiger partial charge in [0.25, 0.3) is 0 Å². The first-order valence-corrected chi connectivity index (χ1v) is 7.04. The Labute approximate surface area is 125 Å². The molecule has 1 fully saturated rings. The fraction of sp³-hybridized carbons (Fsp3) is 0.533. The molecule has 1 aromatic carbocycles. The van der Waals surface area contributed by atoms with E-state index in [1.807, 2.05) is 23.1 Å². The Morgan fingerprint density at radius 3 is 2.80 bits per heavy atom. The highest BCUT2D eigenvalue weighted by Crippen LogP contribution is 2.33. The molecule has 1 aromatic rings. The number of ether oxygens (including phenoxy) is 1. The fourth-order valence-electron chi connectivity index (χ4n) is 3.05. The van der Waals surface area contributed by atoms with Gasteiger partial charge in [-0.15, -0.1) is 12.4 Å². The first-order chi connectivity index (χ1) is 9.27. The SMILES string of the molecule is Cl.Nc1cccc2c1CCCN2C(=O)C1CCOCC1. The number of amides is 1.